The van der Waals surface area contributed by atoms with Crippen molar-refractivity contribution >= 4 is 38.6 Å². The number of nitrogens with zero attached hydrogens (tertiary/aromatic N) is 2. The van der Waals surface area contributed by atoms with Gasteiger partial charge in [-0.2, -0.15) is 13.5 Å². The highest BCUT2D eigenvalue weighted by molar-refractivity contribution is 7.86. The molecular weight excluding hydrogens is 288 g/mol. The van der Waals surface area contributed by atoms with E-state index in [0.717, 1.165) is 0 Å². The molecule has 0 saturated carbocycles. The van der Waals surface area contributed by atoms with Gasteiger partial charge in [-0.1, -0.05) is 18.2 Å². The van der Waals surface area contributed by atoms with E-state index in [0.29, 0.717) is 10.9 Å². The highest BCUT2D eigenvalue weighted by Crippen LogP contribution is 2.17. The van der Waals surface area contributed by atoms with Crippen LogP contribution >= 0.6 is 11.3 Å². The molecule has 0 spiro atoms. The first-order valence-corrected chi connectivity index (χ1v) is 7.35. The Bertz CT molecular complexity index is 709. The van der Waals surface area contributed by atoms with Gasteiger partial charge in [-0.25, -0.2) is 4.98 Å². The average molecular weight is 298 g/mol. The van der Waals surface area contributed by atoms with E-state index in [1.807, 2.05) is 0 Å². The Hall–Kier alpha value is -1.97. The summed E-state index contributed by atoms with van der Waals surface area (Å²) >= 11 is 1.27. The monoisotopic (exact) mass is 298 g/mol. The van der Waals surface area contributed by atoms with Gasteiger partial charge in [0.25, 0.3) is 10.1 Å². The lowest BCUT2D eigenvalue weighted by molar-refractivity contribution is 0.483. The molecule has 7 nitrogen and oxygen atoms in total. The number of hydrogen-bond acceptors (Lipinski definition) is 7. The second kappa shape index (κ2) is 5.34. The second-order valence-electron chi connectivity index (χ2n) is 3.46. The largest absolute Gasteiger partial charge is 0.383 e. The van der Waals surface area contributed by atoms with E-state index in [1.54, 1.807) is 11.4 Å². The molecule has 0 saturated heterocycles. The number of nitrogen functional groups attached to an aromatic ring is 1. The summed E-state index contributed by atoms with van der Waals surface area (Å²) in [5, 5.41) is 5.97. The molecule has 1 aromatic heterocycles. The summed E-state index contributed by atoms with van der Waals surface area (Å²) in [4.78, 5) is 3.71. The number of aromatic nitrogens is 1. The fourth-order valence-electron chi connectivity index (χ4n) is 1.32. The van der Waals surface area contributed by atoms with E-state index < -0.39 is 10.1 Å². The van der Waals surface area contributed by atoms with E-state index in [1.165, 1.54) is 35.8 Å². The van der Waals surface area contributed by atoms with Crippen molar-refractivity contribution in [3.63, 3.8) is 0 Å². The molecule has 2 aromatic rings. The molecule has 0 aliphatic rings. The normalized spacial score (nSPS) is 11.8. The molecule has 4 N–H and O–H groups in total. The van der Waals surface area contributed by atoms with Gasteiger partial charge in [0.1, 0.15) is 10.7 Å². The van der Waals surface area contributed by atoms with Crippen molar-refractivity contribution < 1.29 is 13.0 Å². The first-order valence-electron chi connectivity index (χ1n) is 5.03. The summed E-state index contributed by atoms with van der Waals surface area (Å²) in [6, 6.07) is 5.95. The van der Waals surface area contributed by atoms with Gasteiger partial charge < -0.3 is 5.73 Å². The number of nitrogens with one attached hydrogen (secondary N) is 1. The summed E-state index contributed by atoms with van der Waals surface area (Å²) in [6.45, 7) is 0. The van der Waals surface area contributed by atoms with Crippen LogP contribution < -0.4 is 11.2 Å². The second-order valence-corrected chi connectivity index (χ2v) is 5.71. The van der Waals surface area contributed by atoms with Gasteiger partial charge in [-0.3, -0.25) is 9.98 Å². The highest BCUT2D eigenvalue weighted by Gasteiger charge is 2.12. The van der Waals surface area contributed by atoms with E-state index in [2.05, 4.69) is 15.5 Å². The maximum atomic E-state index is 11.1. The predicted molar refractivity (Wildman–Crippen MR) is 74.0 cm³/mol. The lowest BCUT2D eigenvalue weighted by Gasteiger charge is -2.01. The Balaban J connectivity index is 2.20. The highest BCUT2D eigenvalue weighted by atomic mass is 32.2. The fraction of sp³-hybridized carbons (Fsp3) is 0. The number of benzene rings is 1. The number of hydrazone groups is 1. The van der Waals surface area contributed by atoms with Crippen LogP contribution in [0.15, 0.2) is 39.6 Å². The first kappa shape index (κ1) is 13.5. The number of anilines is 2. The maximum Gasteiger partial charge on any atom is 0.295 e. The van der Waals surface area contributed by atoms with Crippen LogP contribution in [0.1, 0.15) is 5.56 Å². The summed E-state index contributed by atoms with van der Waals surface area (Å²) in [7, 11) is -4.28. The van der Waals surface area contributed by atoms with Crippen molar-refractivity contribution in [3.8, 4) is 0 Å². The lowest BCUT2D eigenvalue weighted by Crippen LogP contribution is -2.03. The van der Waals surface area contributed by atoms with E-state index >= 15 is 0 Å². The van der Waals surface area contributed by atoms with Crippen molar-refractivity contribution in [3.05, 3.63) is 35.2 Å². The topological polar surface area (TPSA) is 118 Å². The molecule has 1 heterocycles. The Morgan fingerprint density at radius 1 is 1.42 bits per heavy atom. The third-order valence-electron chi connectivity index (χ3n) is 2.08. The van der Waals surface area contributed by atoms with Crippen LogP contribution in [0.5, 0.6) is 0 Å². The molecular formula is C10H10N4O3S2. The third-order valence-corrected chi connectivity index (χ3v) is 3.78. The quantitative estimate of drug-likeness (QED) is 0.446. The van der Waals surface area contributed by atoms with Crippen LogP contribution in [0, 0.1) is 0 Å². The molecule has 0 unspecified atom stereocenters. The molecule has 19 heavy (non-hydrogen) atoms. The Labute approximate surface area is 113 Å². The lowest BCUT2D eigenvalue weighted by atomic mass is 10.2. The van der Waals surface area contributed by atoms with Gasteiger partial charge in [0.15, 0.2) is 0 Å². The minimum atomic E-state index is -4.28. The van der Waals surface area contributed by atoms with Crippen LogP contribution in [0.25, 0.3) is 0 Å². The molecule has 0 atom stereocenters. The predicted octanol–water partition coefficient (Wildman–Crippen LogP) is 1.42. The molecule has 0 radical (unpaired) electrons. The molecule has 100 valence electrons. The molecule has 0 fully saturated rings. The van der Waals surface area contributed by atoms with Gasteiger partial charge >= 0.3 is 0 Å². The Morgan fingerprint density at radius 2 is 2.16 bits per heavy atom. The standard InChI is InChI=1S/C10H10N4O3S2/c11-9-6-18-10(13-9)14-12-5-7-3-1-2-4-8(7)19(15,16)17/h1-6H,11H2,(H,13,14)(H,15,16,17). The molecule has 0 aliphatic heterocycles. The molecule has 2 rings (SSSR count). The first-order chi connectivity index (χ1) is 8.97. The zero-order valence-corrected chi connectivity index (χ0v) is 11.1. The smallest absolute Gasteiger partial charge is 0.295 e. The average Bonchev–Trinajstić information content (AvgIpc) is 2.74. The minimum absolute atomic E-state index is 0.209. The van der Waals surface area contributed by atoms with Crippen molar-refractivity contribution in [1.29, 1.82) is 0 Å². The van der Waals surface area contributed by atoms with Crippen molar-refractivity contribution in [1.82, 2.24) is 4.98 Å². The van der Waals surface area contributed by atoms with Crippen LogP contribution in [0.4, 0.5) is 10.9 Å². The summed E-state index contributed by atoms with van der Waals surface area (Å²) in [6.07, 6.45) is 1.28. The molecule has 1 aromatic carbocycles. The third kappa shape index (κ3) is 3.50. The van der Waals surface area contributed by atoms with Crippen LogP contribution in [-0.2, 0) is 10.1 Å². The van der Waals surface area contributed by atoms with Crippen molar-refractivity contribution in [2.24, 2.45) is 5.10 Å². The summed E-state index contributed by atoms with van der Waals surface area (Å²) in [5.41, 5.74) is 8.32. The van der Waals surface area contributed by atoms with Gasteiger partial charge in [-0.05, 0) is 6.07 Å². The van der Waals surface area contributed by atoms with Gasteiger partial charge in [0, 0.05) is 10.9 Å². The molecule has 0 aliphatic carbocycles. The number of nitrogens with two attached hydrogens (primary N) is 1. The van der Waals surface area contributed by atoms with Crippen molar-refractivity contribution in [2.75, 3.05) is 11.2 Å². The maximum absolute atomic E-state index is 11.1. The molecule has 0 bridgehead atoms. The zero-order chi connectivity index (χ0) is 13.9. The van der Waals surface area contributed by atoms with Crippen LogP contribution in [0.3, 0.4) is 0 Å². The minimum Gasteiger partial charge on any atom is -0.383 e. The summed E-state index contributed by atoms with van der Waals surface area (Å²) in [5.74, 6) is 0.376. The van der Waals surface area contributed by atoms with E-state index in [4.69, 9.17) is 10.3 Å². The van der Waals surface area contributed by atoms with Gasteiger partial charge in [-0.15, -0.1) is 11.3 Å². The number of hydrogen-bond donors (Lipinski definition) is 3. The van der Waals surface area contributed by atoms with E-state index in [9.17, 15) is 8.42 Å². The van der Waals surface area contributed by atoms with Crippen molar-refractivity contribution in [2.45, 2.75) is 4.90 Å². The van der Waals surface area contributed by atoms with Crippen LogP contribution in [0.2, 0.25) is 0 Å². The molecule has 0 amide bonds. The van der Waals surface area contributed by atoms with E-state index in [-0.39, 0.29) is 10.5 Å². The van der Waals surface area contributed by atoms with Gasteiger partial charge in [0.05, 0.1) is 6.21 Å². The zero-order valence-electron chi connectivity index (χ0n) is 9.52. The van der Waals surface area contributed by atoms with Gasteiger partial charge in [0.2, 0.25) is 5.13 Å². The Morgan fingerprint density at radius 3 is 2.79 bits per heavy atom. The number of thiazole rings is 1. The fourth-order valence-corrected chi connectivity index (χ4v) is 2.53. The SMILES string of the molecule is Nc1csc(NN=Cc2ccccc2S(=O)(=O)O)n1. The number of rotatable bonds is 4. The molecule has 9 heteroatoms. The Kier molecular flexibility index (Phi) is 3.79. The van der Waals surface area contributed by atoms with Crippen LogP contribution in [-0.4, -0.2) is 24.2 Å². The summed E-state index contributed by atoms with van der Waals surface area (Å²) < 4.78 is 31.3.